The number of aliphatic hydroxyl groups excluding tert-OH is 1. The Bertz CT molecular complexity index is 666. The second kappa shape index (κ2) is 8.33. The molecule has 0 spiro atoms. The van der Waals surface area contributed by atoms with Crippen molar-refractivity contribution in [1.29, 1.82) is 0 Å². The van der Waals surface area contributed by atoms with Crippen molar-refractivity contribution in [3.63, 3.8) is 0 Å². The molecule has 0 heterocycles. The van der Waals surface area contributed by atoms with E-state index in [1.54, 1.807) is 0 Å². The second-order valence-electron chi connectivity index (χ2n) is 13.0. The fourth-order valence-corrected chi connectivity index (χ4v) is 8.43. The Hall–Kier alpha value is -0.570. The van der Waals surface area contributed by atoms with Crippen LogP contribution < -0.4 is 0 Å². The molecule has 6 unspecified atom stereocenters. The minimum atomic E-state index is -0.392. The number of esters is 1. The molecule has 4 saturated carbocycles. The molecule has 3 heteroatoms. The normalized spacial score (nSPS) is 45.9. The molecule has 31 heavy (non-hydrogen) atoms. The van der Waals surface area contributed by atoms with Crippen molar-refractivity contribution >= 4 is 5.97 Å². The lowest BCUT2D eigenvalue weighted by atomic mass is 9.44. The first-order chi connectivity index (χ1) is 14.4. The molecular weight excluding hydrogens is 384 g/mol. The summed E-state index contributed by atoms with van der Waals surface area (Å²) >= 11 is 0. The van der Waals surface area contributed by atoms with Crippen LogP contribution in [-0.4, -0.2) is 22.8 Å². The molecule has 3 nitrogen and oxygen atoms in total. The van der Waals surface area contributed by atoms with Crippen LogP contribution in [0.3, 0.4) is 0 Å². The van der Waals surface area contributed by atoms with Crippen LogP contribution in [0.5, 0.6) is 0 Å². The molecular formula is C28H46O3. The Kier molecular flexibility index (Phi) is 6.34. The zero-order valence-electron chi connectivity index (χ0n) is 20.8. The lowest BCUT2D eigenvalue weighted by Crippen LogP contribution is -2.54. The average Bonchev–Trinajstić information content (AvgIpc) is 3.02. The summed E-state index contributed by atoms with van der Waals surface area (Å²) in [5, 5.41) is 10.2. The summed E-state index contributed by atoms with van der Waals surface area (Å²) in [7, 11) is 0. The molecule has 0 aliphatic heterocycles. The summed E-state index contributed by atoms with van der Waals surface area (Å²) in [5.74, 6) is 4.08. The minimum absolute atomic E-state index is 0.0502. The number of fused-ring (bicyclic) bond motifs is 5. The molecule has 176 valence electrons. The Morgan fingerprint density at radius 1 is 1.16 bits per heavy atom. The van der Waals surface area contributed by atoms with E-state index in [1.807, 2.05) is 20.8 Å². The molecule has 0 bridgehead atoms. The summed E-state index contributed by atoms with van der Waals surface area (Å²) in [6.07, 6.45) is 15.0. The van der Waals surface area contributed by atoms with Crippen LogP contribution in [0.2, 0.25) is 0 Å². The highest BCUT2D eigenvalue weighted by atomic mass is 16.6. The zero-order chi connectivity index (χ0) is 22.6. The van der Waals surface area contributed by atoms with Crippen molar-refractivity contribution in [2.75, 3.05) is 0 Å². The fraction of sp³-hybridized carbons (Fsp3) is 0.893. The first kappa shape index (κ1) is 23.6. The third-order valence-corrected chi connectivity index (χ3v) is 10.1. The van der Waals surface area contributed by atoms with Crippen LogP contribution in [0.15, 0.2) is 0 Å². The lowest BCUT2D eigenvalue weighted by Gasteiger charge is -2.61. The maximum atomic E-state index is 12.3. The van der Waals surface area contributed by atoms with E-state index in [0.29, 0.717) is 35.0 Å². The first-order valence-electron chi connectivity index (χ1n) is 13.0. The van der Waals surface area contributed by atoms with Crippen LogP contribution in [0.25, 0.3) is 0 Å². The molecule has 4 rings (SSSR count). The highest BCUT2D eigenvalue weighted by molar-refractivity contribution is 5.69. The Balaban J connectivity index is 1.42. The largest absolute Gasteiger partial charge is 0.460 e. The zero-order valence-corrected chi connectivity index (χ0v) is 20.8. The summed E-state index contributed by atoms with van der Waals surface area (Å²) in [6.45, 7) is 13.3. The number of carbonyl (C=O) groups is 1. The summed E-state index contributed by atoms with van der Waals surface area (Å²) in [6, 6.07) is 0. The highest BCUT2D eigenvalue weighted by Gasteiger charge is 2.60. The van der Waals surface area contributed by atoms with Gasteiger partial charge in [-0.05, 0) is 131 Å². The van der Waals surface area contributed by atoms with Gasteiger partial charge in [0.25, 0.3) is 0 Å². The van der Waals surface area contributed by atoms with Gasteiger partial charge in [-0.25, -0.2) is 0 Å². The number of aliphatic hydroxyl groups is 1. The van der Waals surface area contributed by atoms with Gasteiger partial charge in [0.2, 0.25) is 0 Å². The van der Waals surface area contributed by atoms with Crippen LogP contribution in [0.1, 0.15) is 99.3 Å². The molecule has 4 fully saturated rings. The van der Waals surface area contributed by atoms with E-state index in [0.717, 1.165) is 37.0 Å². The van der Waals surface area contributed by atoms with Gasteiger partial charge in [-0.3, -0.25) is 4.79 Å². The van der Waals surface area contributed by atoms with E-state index in [1.165, 1.54) is 32.1 Å². The third kappa shape index (κ3) is 4.34. The number of hydrogen-bond acceptors (Lipinski definition) is 3. The molecule has 0 aromatic carbocycles. The van der Waals surface area contributed by atoms with Crippen molar-refractivity contribution in [1.82, 2.24) is 0 Å². The second-order valence-corrected chi connectivity index (χ2v) is 13.0. The van der Waals surface area contributed by atoms with Gasteiger partial charge in [0, 0.05) is 6.42 Å². The molecule has 0 aromatic rings. The fourth-order valence-electron chi connectivity index (χ4n) is 8.43. The van der Waals surface area contributed by atoms with Crippen LogP contribution >= 0.6 is 0 Å². The van der Waals surface area contributed by atoms with Crippen molar-refractivity contribution in [3.8, 4) is 0 Å². The molecule has 0 aromatic heterocycles. The van der Waals surface area contributed by atoms with Crippen molar-refractivity contribution in [2.45, 2.75) is 111 Å². The number of ether oxygens (including phenoxy) is 1. The topological polar surface area (TPSA) is 46.5 Å². The quantitative estimate of drug-likeness (QED) is 0.525. The maximum Gasteiger partial charge on any atom is 0.306 e. The summed E-state index contributed by atoms with van der Waals surface area (Å²) < 4.78 is 5.55. The SMILES string of the molecule is CC(CCC(=O)OC(C)(C)C)C1CCC2C3[CH]CC4C[C@H](O)CC[C@]4(C)C3C[CH][C@]12C. The van der Waals surface area contributed by atoms with E-state index in [-0.39, 0.29) is 12.1 Å². The van der Waals surface area contributed by atoms with Gasteiger partial charge in [-0.2, -0.15) is 0 Å². The van der Waals surface area contributed by atoms with Crippen molar-refractivity contribution in [2.24, 2.45) is 46.3 Å². The summed E-state index contributed by atoms with van der Waals surface area (Å²) in [5.41, 5.74) is 0.302. The lowest BCUT2D eigenvalue weighted by molar-refractivity contribution is -0.155. The standard InChI is InChI=1S/C28H46O3/c1-18(7-12-25(30)31-26(2,3)4)22-10-11-23-21-9-8-19-17-20(29)13-15-27(19,5)24(21)14-16-28(22,23)6/h9,16,18-24,29H,7-8,10-15,17H2,1-6H3/t18?,19?,20-,21?,22?,23?,24?,27+,28-/m1/s1. The van der Waals surface area contributed by atoms with Gasteiger partial charge in [0.15, 0.2) is 0 Å². The third-order valence-electron chi connectivity index (χ3n) is 10.1. The molecule has 0 saturated heterocycles. The van der Waals surface area contributed by atoms with Gasteiger partial charge in [0.05, 0.1) is 6.10 Å². The van der Waals surface area contributed by atoms with E-state index >= 15 is 0 Å². The smallest absolute Gasteiger partial charge is 0.306 e. The van der Waals surface area contributed by atoms with Gasteiger partial charge < -0.3 is 9.84 Å². The first-order valence-corrected chi connectivity index (χ1v) is 13.0. The van der Waals surface area contributed by atoms with Crippen LogP contribution in [-0.2, 0) is 9.53 Å². The van der Waals surface area contributed by atoms with Crippen LogP contribution in [0.4, 0.5) is 0 Å². The van der Waals surface area contributed by atoms with Crippen molar-refractivity contribution in [3.05, 3.63) is 12.8 Å². The van der Waals surface area contributed by atoms with Gasteiger partial charge in [-0.15, -0.1) is 0 Å². The highest BCUT2D eigenvalue weighted by Crippen LogP contribution is 2.67. The number of rotatable bonds is 4. The predicted octanol–water partition coefficient (Wildman–Crippen LogP) is 6.39. The molecule has 0 amide bonds. The van der Waals surface area contributed by atoms with Crippen molar-refractivity contribution < 1.29 is 14.6 Å². The molecule has 4 aliphatic rings. The van der Waals surface area contributed by atoms with E-state index < -0.39 is 5.60 Å². The molecule has 1 N–H and O–H groups in total. The van der Waals surface area contributed by atoms with Crippen LogP contribution in [0, 0.1) is 59.2 Å². The monoisotopic (exact) mass is 430 g/mol. The van der Waals surface area contributed by atoms with E-state index in [2.05, 4.69) is 33.6 Å². The Labute approximate surface area is 191 Å². The Morgan fingerprint density at radius 2 is 1.90 bits per heavy atom. The Morgan fingerprint density at radius 3 is 2.61 bits per heavy atom. The van der Waals surface area contributed by atoms with E-state index in [9.17, 15) is 9.90 Å². The maximum absolute atomic E-state index is 12.3. The van der Waals surface area contributed by atoms with Gasteiger partial charge in [0.1, 0.15) is 5.60 Å². The predicted molar refractivity (Wildman–Crippen MR) is 125 cm³/mol. The minimum Gasteiger partial charge on any atom is -0.460 e. The van der Waals surface area contributed by atoms with Gasteiger partial charge in [-0.1, -0.05) is 20.8 Å². The van der Waals surface area contributed by atoms with Gasteiger partial charge >= 0.3 is 5.97 Å². The molecule has 9 atom stereocenters. The van der Waals surface area contributed by atoms with E-state index in [4.69, 9.17) is 4.74 Å². The number of carbonyl (C=O) groups excluding carboxylic acids is 1. The number of hydrogen-bond donors (Lipinski definition) is 1. The summed E-state index contributed by atoms with van der Waals surface area (Å²) in [4.78, 5) is 12.3. The average molecular weight is 431 g/mol. The molecule has 4 aliphatic carbocycles. The molecule has 2 radical (unpaired) electrons.